The van der Waals surface area contributed by atoms with E-state index in [1.807, 2.05) is 24.0 Å². The lowest BCUT2D eigenvalue weighted by atomic mass is 10.1. The summed E-state index contributed by atoms with van der Waals surface area (Å²) in [4.78, 5) is 19.4. The molecule has 2 heterocycles. The number of nitrogens with zero attached hydrogens (tertiary/aromatic N) is 3. The number of hydrogen-bond acceptors (Lipinski definition) is 6. The van der Waals surface area contributed by atoms with Crippen molar-refractivity contribution in [3.8, 4) is 11.3 Å². The van der Waals surface area contributed by atoms with Crippen molar-refractivity contribution < 1.29 is 13.2 Å². The smallest absolute Gasteiger partial charge is 0.243 e. The third kappa shape index (κ3) is 4.48. The second kappa shape index (κ2) is 8.41. The van der Waals surface area contributed by atoms with E-state index in [2.05, 4.69) is 21.7 Å². The molecule has 0 saturated heterocycles. The summed E-state index contributed by atoms with van der Waals surface area (Å²) in [6.45, 7) is 2.96. The lowest BCUT2D eigenvalue weighted by molar-refractivity contribution is -0.115. The summed E-state index contributed by atoms with van der Waals surface area (Å²) >= 11 is 1.63. The van der Waals surface area contributed by atoms with E-state index in [4.69, 9.17) is 0 Å². The molecular weight excluding hydrogens is 432 g/mol. The highest BCUT2D eigenvalue weighted by Crippen LogP contribution is 2.32. The highest BCUT2D eigenvalue weighted by atomic mass is 32.2. The van der Waals surface area contributed by atoms with Crippen LogP contribution in [0.4, 0.5) is 11.4 Å². The van der Waals surface area contributed by atoms with Gasteiger partial charge in [-0.2, -0.15) is 0 Å². The predicted octanol–water partition coefficient (Wildman–Crippen LogP) is 3.37. The molecule has 1 aliphatic rings. The number of nitrogens with one attached hydrogen (secondary N) is 1. The van der Waals surface area contributed by atoms with Crippen LogP contribution in [0.1, 0.15) is 10.6 Å². The van der Waals surface area contributed by atoms with Crippen LogP contribution in [-0.2, 0) is 21.2 Å². The van der Waals surface area contributed by atoms with Crippen molar-refractivity contribution in [1.29, 1.82) is 0 Å². The topological polar surface area (TPSA) is 82.6 Å². The number of carbonyl (C=O) groups is 1. The molecule has 1 N–H and O–H groups in total. The van der Waals surface area contributed by atoms with Crippen LogP contribution in [0.3, 0.4) is 0 Å². The summed E-state index contributed by atoms with van der Waals surface area (Å²) in [6, 6.07) is 12.5. The Bertz CT molecular complexity index is 1240. The van der Waals surface area contributed by atoms with Crippen LogP contribution in [-0.4, -0.2) is 50.8 Å². The average molecular weight is 457 g/mol. The molecule has 0 atom stereocenters. The van der Waals surface area contributed by atoms with Crippen LogP contribution >= 0.6 is 11.3 Å². The van der Waals surface area contributed by atoms with Gasteiger partial charge in [-0.3, -0.25) is 4.79 Å². The molecule has 0 aliphatic carbocycles. The quantitative estimate of drug-likeness (QED) is 0.615. The van der Waals surface area contributed by atoms with Gasteiger partial charge in [-0.1, -0.05) is 12.1 Å². The molecule has 0 radical (unpaired) electrons. The van der Waals surface area contributed by atoms with E-state index in [1.165, 1.54) is 31.8 Å². The van der Waals surface area contributed by atoms with Gasteiger partial charge in [0.15, 0.2) is 0 Å². The molecule has 7 nitrogen and oxygen atoms in total. The van der Waals surface area contributed by atoms with Crippen molar-refractivity contribution in [2.75, 3.05) is 37.4 Å². The van der Waals surface area contributed by atoms with Crippen LogP contribution < -0.4 is 10.2 Å². The fourth-order valence-corrected chi connectivity index (χ4v) is 5.18. The van der Waals surface area contributed by atoms with E-state index in [9.17, 15) is 13.2 Å². The minimum absolute atomic E-state index is 0.145. The van der Waals surface area contributed by atoms with Gasteiger partial charge in [-0.15, -0.1) is 11.3 Å². The molecule has 1 aliphatic heterocycles. The van der Waals surface area contributed by atoms with Crippen molar-refractivity contribution in [1.82, 2.24) is 9.29 Å². The Labute approximate surface area is 186 Å². The number of carbonyl (C=O) groups excluding carboxylic acids is 1. The molecule has 31 heavy (non-hydrogen) atoms. The zero-order chi connectivity index (χ0) is 22.2. The van der Waals surface area contributed by atoms with Crippen LogP contribution in [0.5, 0.6) is 0 Å². The largest absolute Gasteiger partial charge is 0.362 e. The number of aromatic nitrogens is 1. The molecular formula is C22H24N4O3S2. The first-order valence-corrected chi connectivity index (χ1v) is 12.2. The maximum absolute atomic E-state index is 12.6. The summed E-state index contributed by atoms with van der Waals surface area (Å²) < 4.78 is 25.8. The molecule has 0 fully saturated rings. The van der Waals surface area contributed by atoms with E-state index in [1.54, 1.807) is 23.5 Å². The number of hydrogen-bond donors (Lipinski definition) is 1. The molecule has 4 rings (SSSR count). The number of anilines is 2. The number of rotatable bonds is 6. The summed E-state index contributed by atoms with van der Waals surface area (Å²) in [5.41, 5.74) is 4.79. The zero-order valence-electron chi connectivity index (χ0n) is 17.6. The molecule has 0 spiro atoms. The number of aryl methyl sites for hydroxylation is 1. The molecule has 0 unspecified atom stereocenters. The molecule has 0 saturated carbocycles. The van der Waals surface area contributed by atoms with Gasteiger partial charge in [0.2, 0.25) is 15.9 Å². The summed E-state index contributed by atoms with van der Waals surface area (Å²) in [6.07, 6.45) is 0.871. The third-order valence-electron chi connectivity index (χ3n) is 5.22. The van der Waals surface area contributed by atoms with Gasteiger partial charge >= 0.3 is 0 Å². The van der Waals surface area contributed by atoms with Gasteiger partial charge in [0.1, 0.15) is 0 Å². The van der Waals surface area contributed by atoms with Crippen molar-refractivity contribution in [2.24, 2.45) is 0 Å². The van der Waals surface area contributed by atoms with E-state index < -0.39 is 10.0 Å². The SMILES string of the molecule is Cc1nc(-c2ccc3c(c2)CCN3CC(=O)Nc2cccc(S(=O)(=O)N(C)C)c2)cs1. The van der Waals surface area contributed by atoms with Gasteiger partial charge < -0.3 is 10.2 Å². The lowest BCUT2D eigenvalue weighted by Gasteiger charge is -2.19. The van der Waals surface area contributed by atoms with E-state index in [0.717, 1.165) is 39.2 Å². The monoisotopic (exact) mass is 456 g/mol. The lowest BCUT2D eigenvalue weighted by Crippen LogP contribution is -2.32. The van der Waals surface area contributed by atoms with Gasteiger partial charge in [0, 0.05) is 43.0 Å². The molecule has 162 valence electrons. The Morgan fingerprint density at radius 1 is 1.23 bits per heavy atom. The number of thiazole rings is 1. The van der Waals surface area contributed by atoms with Crippen molar-refractivity contribution >= 4 is 38.6 Å². The predicted molar refractivity (Wildman–Crippen MR) is 124 cm³/mol. The Hall–Kier alpha value is -2.75. The van der Waals surface area contributed by atoms with E-state index in [-0.39, 0.29) is 17.3 Å². The summed E-state index contributed by atoms with van der Waals surface area (Å²) in [5, 5.41) is 5.91. The Morgan fingerprint density at radius 2 is 2.03 bits per heavy atom. The Morgan fingerprint density at radius 3 is 2.74 bits per heavy atom. The van der Waals surface area contributed by atoms with Gasteiger partial charge in [-0.25, -0.2) is 17.7 Å². The number of benzene rings is 2. The highest BCUT2D eigenvalue weighted by molar-refractivity contribution is 7.89. The molecule has 1 aromatic heterocycles. The minimum Gasteiger partial charge on any atom is -0.362 e. The second-order valence-corrected chi connectivity index (χ2v) is 10.8. The molecule has 1 amide bonds. The Kier molecular flexibility index (Phi) is 5.83. The zero-order valence-corrected chi connectivity index (χ0v) is 19.3. The van der Waals surface area contributed by atoms with E-state index in [0.29, 0.717) is 5.69 Å². The minimum atomic E-state index is -3.56. The first-order chi connectivity index (χ1) is 14.7. The summed E-state index contributed by atoms with van der Waals surface area (Å²) in [7, 11) is -0.599. The Balaban J connectivity index is 1.45. The first-order valence-electron chi connectivity index (χ1n) is 9.87. The number of amides is 1. The van der Waals surface area contributed by atoms with Crippen LogP contribution in [0.15, 0.2) is 52.7 Å². The summed E-state index contributed by atoms with van der Waals surface area (Å²) in [5.74, 6) is -0.188. The van der Waals surface area contributed by atoms with Crippen LogP contribution in [0.25, 0.3) is 11.3 Å². The molecule has 2 aromatic carbocycles. The fourth-order valence-electron chi connectivity index (χ4n) is 3.61. The number of fused-ring (bicyclic) bond motifs is 1. The van der Waals surface area contributed by atoms with Crippen LogP contribution in [0.2, 0.25) is 0 Å². The average Bonchev–Trinajstić information content (AvgIpc) is 3.34. The third-order valence-corrected chi connectivity index (χ3v) is 7.80. The maximum atomic E-state index is 12.6. The highest BCUT2D eigenvalue weighted by Gasteiger charge is 2.23. The molecule has 0 bridgehead atoms. The second-order valence-electron chi connectivity index (χ2n) is 7.63. The van der Waals surface area contributed by atoms with E-state index >= 15 is 0 Å². The first kappa shape index (κ1) is 21.5. The molecule has 9 heteroatoms. The van der Waals surface area contributed by atoms with Crippen molar-refractivity contribution in [3.05, 3.63) is 58.4 Å². The van der Waals surface area contributed by atoms with Gasteiger partial charge in [-0.05, 0) is 49.2 Å². The van der Waals surface area contributed by atoms with Gasteiger partial charge in [0.05, 0.1) is 22.1 Å². The standard InChI is InChI=1S/C22H24N4O3S2/c1-15-23-20(14-30-15)16-7-8-21-17(11-16)9-10-26(21)13-22(27)24-18-5-4-6-19(12-18)31(28,29)25(2)3/h4-8,11-12,14H,9-10,13H2,1-3H3,(H,24,27). The maximum Gasteiger partial charge on any atom is 0.243 e. The normalized spacial score (nSPS) is 13.5. The van der Waals surface area contributed by atoms with Gasteiger partial charge in [0.25, 0.3) is 0 Å². The fraction of sp³-hybridized carbons (Fsp3) is 0.273. The number of sulfonamides is 1. The van der Waals surface area contributed by atoms with Crippen molar-refractivity contribution in [3.63, 3.8) is 0 Å². The molecule has 3 aromatic rings. The van der Waals surface area contributed by atoms with Crippen molar-refractivity contribution in [2.45, 2.75) is 18.2 Å². The van der Waals surface area contributed by atoms with Crippen LogP contribution in [0, 0.1) is 6.92 Å².